The molecule has 0 radical (unpaired) electrons. The van der Waals surface area contributed by atoms with Crippen LogP contribution in [0.5, 0.6) is 0 Å². The maximum Gasteiger partial charge on any atom is 0.433 e. The van der Waals surface area contributed by atoms with Crippen LogP contribution in [0, 0.1) is 0 Å². The first kappa shape index (κ1) is 20.7. The average molecular weight is 422 g/mol. The van der Waals surface area contributed by atoms with E-state index < -0.39 is 21.9 Å². The third kappa shape index (κ3) is 4.72. The number of benzene rings is 2. The molecule has 152 valence electrons. The molecule has 6 nitrogen and oxygen atoms in total. The van der Waals surface area contributed by atoms with Gasteiger partial charge in [0.2, 0.25) is 16.0 Å². The summed E-state index contributed by atoms with van der Waals surface area (Å²) in [5.41, 5.74) is 0.731. The van der Waals surface area contributed by atoms with Crippen molar-refractivity contribution < 1.29 is 21.6 Å². The first-order valence-corrected chi connectivity index (χ1v) is 9.82. The molecule has 2 aromatic carbocycles. The van der Waals surface area contributed by atoms with Gasteiger partial charge in [-0.25, -0.2) is 22.7 Å². The van der Waals surface area contributed by atoms with Crippen molar-refractivity contribution in [2.75, 3.05) is 19.4 Å². The number of aromatic nitrogens is 2. The van der Waals surface area contributed by atoms with Crippen LogP contribution >= 0.6 is 0 Å². The van der Waals surface area contributed by atoms with Crippen LogP contribution in [0.2, 0.25) is 0 Å². The number of sulfonamides is 1. The van der Waals surface area contributed by atoms with Gasteiger partial charge in [0.05, 0.1) is 4.90 Å². The van der Waals surface area contributed by atoms with E-state index in [1.165, 1.54) is 26.2 Å². The lowest BCUT2D eigenvalue weighted by molar-refractivity contribution is -0.141. The normalized spacial score (nSPS) is 12.2. The topological polar surface area (TPSA) is 75.2 Å². The van der Waals surface area contributed by atoms with Gasteiger partial charge in [0.15, 0.2) is 0 Å². The molecule has 0 amide bonds. The molecule has 10 heteroatoms. The van der Waals surface area contributed by atoms with Gasteiger partial charge >= 0.3 is 6.18 Å². The molecule has 1 heterocycles. The zero-order valence-electron chi connectivity index (χ0n) is 15.5. The van der Waals surface area contributed by atoms with E-state index in [0.717, 1.165) is 16.6 Å². The zero-order chi connectivity index (χ0) is 21.2. The van der Waals surface area contributed by atoms with Crippen LogP contribution < -0.4 is 5.32 Å². The highest BCUT2D eigenvalue weighted by molar-refractivity contribution is 7.89. The van der Waals surface area contributed by atoms with Gasteiger partial charge < -0.3 is 5.32 Å². The Morgan fingerprint density at radius 3 is 2.28 bits per heavy atom. The fourth-order valence-electron chi connectivity index (χ4n) is 2.53. The van der Waals surface area contributed by atoms with E-state index in [0.29, 0.717) is 16.8 Å². The Hall–Kier alpha value is -2.98. The van der Waals surface area contributed by atoms with Crippen LogP contribution in [0.15, 0.2) is 65.7 Å². The van der Waals surface area contributed by atoms with Crippen LogP contribution in [0.4, 0.5) is 24.8 Å². The zero-order valence-corrected chi connectivity index (χ0v) is 16.3. The predicted molar refractivity (Wildman–Crippen MR) is 103 cm³/mol. The second-order valence-electron chi connectivity index (χ2n) is 6.28. The Balaban J connectivity index is 1.92. The molecule has 1 N–H and O–H groups in total. The number of rotatable bonds is 5. The molecule has 3 rings (SSSR count). The summed E-state index contributed by atoms with van der Waals surface area (Å²) in [6.45, 7) is 0. The SMILES string of the molecule is CN(C)S(=O)(=O)c1cccc(-c2cccc(Nc3nccc(C(F)(F)F)n3)c2)c1. The van der Waals surface area contributed by atoms with Crippen molar-refractivity contribution in [3.8, 4) is 11.1 Å². The molecule has 0 saturated heterocycles. The first-order valence-electron chi connectivity index (χ1n) is 8.38. The highest BCUT2D eigenvalue weighted by Gasteiger charge is 2.32. The van der Waals surface area contributed by atoms with Gasteiger partial charge in [-0.2, -0.15) is 13.2 Å². The molecule has 29 heavy (non-hydrogen) atoms. The van der Waals surface area contributed by atoms with Crippen LogP contribution in [0.1, 0.15) is 5.69 Å². The van der Waals surface area contributed by atoms with Gasteiger partial charge in [0.25, 0.3) is 0 Å². The Kier molecular flexibility index (Phi) is 5.58. The molecule has 0 bridgehead atoms. The number of nitrogens with zero attached hydrogens (tertiary/aromatic N) is 3. The number of halogens is 3. The third-order valence-electron chi connectivity index (χ3n) is 4.01. The van der Waals surface area contributed by atoms with E-state index in [-0.39, 0.29) is 10.8 Å². The third-order valence-corrected chi connectivity index (χ3v) is 5.82. The summed E-state index contributed by atoms with van der Waals surface area (Å²) >= 11 is 0. The summed E-state index contributed by atoms with van der Waals surface area (Å²) in [5, 5.41) is 2.74. The molecule has 0 aliphatic rings. The number of nitrogens with one attached hydrogen (secondary N) is 1. The quantitative estimate of drug-likeness (QED) is 0.668. The van der Waals surface area contributed by atoms with Gasteiger partial charge in [0, 0.05) is 26.0 Å². The molecule has 0 atom stereocenters. The highest BCUT2D eigenvalue weighted by Crippen LogP contribution is 2.29. The predicted octanol–water partition coefficient (Wildman–Crippen LogP) is 4.16. The van der Waals surface area contributed by atoms with Crippen molar-refractivity contribution >= 4 is 21.7 Å². The van der Waals surface area contributed by atoms with E-state index >= 15 is 0 Å². The summed E-state index contributed by atoms with van der Waals surface area (Å²) in [6.07, 6.45) is -3.54. The minimum atomic E-state index is -4.57. The second-order valence-corrected chi connectivity index (χ2v) is 8.44. The molecule has 3 aromatic rings. The van der Waals surface area contributed by atoms with Crippen LogP contribution in [-0.2, 0) is 16.2 Å². The van der Waals surface area contributed by atoms with Crippen molar-refractivity contribution in [2.45, 2.75) is 11.1 Å². The van der Waals surface area contributed by atoms with Crippen molar-refractivity contribution in [1.29, 1.82) is 0 Å². The summed E-state index contributed by atoms with van der Waals surface area (Å²) < 4.78 is 64.2. The molecule has 0 aliphatic heterocycles. The summed E-state index contributed by atoms with van der Waals surface area (Å²) in [4.78, 5) is 7.42. The van der Waals surface area contributed by atoms with E-state index in [9.17, 15) is 21.6 Å². The van der Waals surface area contributed by atoms with Crippen LogP contribution in [0.3, 0.4) is 0 Å². The molecule has 0 fully saturated rings. The second kappa shape index (κ2) is 7.80. The fourth-order valence-corrected chi connectivity index (χ4v) is 3.48. The maximum atomic E-state index is 12.8. The number of hydrogen-bond acceptors (Lipinski definition) is 5. The first-order chi connectivity index (χ1) is 13.6. The van der Waals surface area contributed by atoms with E-state index in [1.54, 1.807) is 36.4 Å². The highest BCUT2D eigenvalue weighted by atomic mass is 32.2. The lowest BCUT2D eigenvalue weighted by Crippen LogP contribution is -2.22. The molecule has 0 saturated carbocycles. The minimum Gasteiger partial charge on any atom is -0.324 e. The van der Waals surface area contributed by atoms with E-state index in [4.69, 9.17) is 0 Å². The minimum absolute atomic E-state index is 0.138. The molecular formula is C19H17F3N4O2S. The van der Waals surface area contributed by atoms with Crippen molar-refractivity contribution in [2.24, 2.45) is 0 Å². The largest absolute Gasteiger partial charge is 0.433 e. The summed E-state index contributed by atoms with van der Waals surface area (Å²) in [5.74, 6) is -0.194. The molecule has 1 aromatic heterocycles. The standard InChI is InChI=1S/C19H17F3N4O2S/c1-26(2)29(27,28)16-8-4-6-14(12-16)13-5-3-7-15(11-13)24-18-23-10-9-17(25-18)19(20,21)22/h3-12H,1-2H3,(H,23,24,25). The van der Waals surface area contributed by atoms with Gasteiger partial charge in [0.1, 0.15) is 5.69 Å². The van der Waals surface area contributed by atoms with E-state index in [2.05, 4.69) is 15.3 Å². The van der Waals surface area contributed by atoms with E-state index in [1.807, 2.05) is 0 Å². The fraction of sp³-hybridized carbons (Fsp3) is 0.158. The van der Waals surface area contributed by atoms with Crippen molar-refractivity contribution in [1.82, 2.24) is 14.3 Å². The Bertz CT molecular complexity index is 1130. The molecule has 0 unspecified atom stereocenters. The molecule has 0 spiro atoms. The van der Waals surface area contributed by atoms with Crippen LogP contribution in [-0.4, -0.2) is 36.8 Å². The van der Waals surface area contributed by atoms with Crippen LogP contribution in [0.25, 0.3) is 11.1 Å². The lowest BCUT2D eigenvalue weighted by Gasteiger charge is -2.13. The lowest BCUT2D eigenvalue weighted by atomic mass is 10.1. The number of alkyl halides is 3. The maximum absolute atomic E-state index is 12.8. The van der Waals surface area contributed by atoms with Gasteiger partial charge in [-0.1, -0.05) is 24.3 Å². The number of anilines is 2. The average Bonchev–Trinajstić information content (AvgIpc) is 2.68. The molecule has 0 aliphatic carbocycles. The van der Waals surface area contributed by atoms with Gasteiger partial charge in [-0.3, -0.25) is 0 Å². The smallest absolute Gasteiger partial charge is 0.324 e. The monoisotopic (exact) mass is 422 g/mol. The Morgan fingerprint density at radius 2 is 1.62 bits per heavy atom. The Labute approximate surface area is 166 Å². The van der Waals surface area contributed by atoms with Crippen molar-refractivity contribution in [3.63, 3.8) is 0 Å². The summed E-state index contributed by atoms with van der Waals surface area (Å²) in [7, 11) is -0.702. The van der Waals surface area contributed by atoms with Gasteiger partial charge in [-0.05, 0) is 41.5 Å². The van der Waals surface area contributed by atoms with Crippen molar-refractivity contribution in [3.05, 3.63) is 66.5 Å². The Morgan fingerprint density at radius 1 is 0.966 bits per heavy atom. The van der Waals surface area contributed by atoms with Gasteiger partial charge in [-0.15, -0.1) is 0 Å². The molecular weight excluding hydrogens is 405 g/mol. The number of hydrogen-bond donors (Lipinski definition) is 1. The summed E-state index contributed by atoms with van der Waals surface area (Å²) in [6, 6.07) is 14.0.